The molecule has 0 radical (unpaired) electrons. The SMILES string of the molecule is C=C1CC/C(c2ccc3c(c2)N(C2=CCCC(C4CCCCC4)C2)C2C=CC4CCCCC4C32)=C\N(C2=CCC(C3=c4oc5c(c4=CCC3)C=CCC5)CC2)C2CCC=CC12. The van der Waals surface area contributed by atoms with Crippen LogP contribution in [0.1, 0.15) is 170 Å². The van der Waals surface area contributed by atoms with E-state index in [0.29, 0.717) is 29.8 Å². The molecule has 3 heterocycles. The Kier molecular flexibility index (Phi) is 10.3. The Morgan fingerprint density at radius 3 is 2.54 bits per heavy atom. The number of hydrogen-bond acceptors (Lipinski definition) is 3. The molecule has 8 aliphatic carbocycles. The fourth-order valence-electron chi connectivity index (χ4n) is 14.8. The summed E-state index contributed by atoms with van der Waals surface area (Å²) in [7, 11) is 0. The third-order valence-electron chi connectivity index (χ3n) is 18.0. The number of aryl methyl sites for hydroxylation is 1. The number of anilines is 1. The molecule has 1 aromatic heterocycles. The summed E-state index contributed by atoms with van der Waals surface area (Å²) in [6, 6.07) is 8.78. The normalized spacial score (nSPS) is 34.3. The van der Waals surface area contributed by atoms with Gasteiger partial charge in [-0.15, -0.1) is 0 Å². The third kappa shape index (κ3) is 6.89. The molecule has 2 aromatic rings. The Morgan fingerprint density at radius 1 is 0.705 bits per heavy atom. The molecule has 10 aliphatic rings. The third-order valence-corrected chi connectivity index (χ3v) is 18.0. The molecule has 0 spiro atoms. The van der Waals surface area contributed by atoms with Gasteiger partial charge in [0, 0.05) is 58.4 Å². The van der Waals surface area contributed by atoms with Gasteiger partial charge in [0.2, 0.25) is 0 Å². The number of nitrogens with zero attached hydrogens (tertiary/aromatic N) is 2. The fraction of sp³-hybridized carbons (Fsp3) is 0.552. The zero-order valence-corrected chi connectivity index (χ0v) is 37.0. The first-order valence-electron chi connectivity index (χ1n) is 25.5. The highest BCUT2D eigenvalue weighted by atomic mass is 16.3. The van der Waals surface area contributed by atoms with Gasteiger partial charge in [-0.2, -0.15) is 0 Å². The van der Waals surface area contributed by atoms with Crippen LogP contribution in [0, 0.1) is 35.5 Å². The van der Waals surface area contributed by atoms with E-state index in [-0.39, 0.29) is 0 Å². The van der Waals surface area contributed by atoms with E-state index in [1.807, 2.05) is 0 Å². The van der Waals surface area contributed by atoms with Crippen molar-refractivity contribution in [2.24, 2.45) is 35.5 Å². The number of benzene rings is 1. The van der Waals surface area contributed by atoms with Gasteiger partial charge >= 0.3 is 0 Å². The van der Waals surface area contributed by atoms with Crippen LogP contribution in [-0.2, 0) is 6.42 Å². The van der Waals surface area contributed by atoms with Crippen LogP contribution in [0.5, 0.6) is 0 Å². The average Bonchev–Trinajstić information content (AvgIpc) is 3.87. The van der Waals surface area contributed by atoms with Crippen molar-refractivity contribution in [3.05, 3.63) is 124 Å². The predicted octanol–water partition coefficient (Wildman–Crippen LogP) is 13.6. The lowest BCUT2D eigenvalue weighted by atomic mass is 9.65. The Labute approximate surface area is 366 Å². The Balaban J connectivity index is 0.905. The summed E-state index contributed by atoms with van der Waals surface area (Å²) < 4.78 is 6.69. The number of allylic oxidation sites excluding steroid dienone is 8. The highest BCUT2D eigenvalue weighted by Crippen LogP contribution is 2.56. The van der Waals surface area contributed by atoms with Crippen LogP contribution in [0.15, 0.2) is 94.9 Å². The van der Waals surface area contributed by atoms with E-state index in [1.165, 1.54) is 129 Å². The average molecular weight is 811 g/mol. The quantitative estimate of drug-likeness (QED) is 0.281. The van der Waals surface area contributed by atoms with Crippen molar-refractivity contribution in [1.82, 2.24) is 4.90 Å². The fourth-order valence-corrected chi connectivity index (χ4v) is 14.8. The molecule has 8 atom stereocenters. The maximum absolute atomic E-state index is 6.69. The molecule has 12 rings (SSSR count). The second-order valence-electron chi connectivity index (χ2n) is 21.2. The van der Waals surface area contributed by atoms with Gasteiger partial charge in [0.25, 0.3) is 0 Å². The van der Waals surface area contributed by atoms with Crippen LogP contribution in [-0.4, -0.2) is 17.0 Å². The van der Waals surface area contributed by atoms with E-state index in [0.717, 1.165) is 81.5 Å². The van der Waals surface area contributed by atoms with Gasteiger partial charge in [0.05, 0.1) is 6.04 Å². The monoisotopic (exact) mass is 811 g/mol. The first-order chi connectivity index (χ1) is 30.2. The molecule has 2 fully saturated rings. The van der Waals surface area contributed by atoms with E-state index in [1.54, 1.807) is 28.2 Å². The minimum atomic E-state index is 0.419. The van der Waals surface area contributed by atoms with Crippen molar-refractivity contribution < 1.29 is 4.42 Å². The highest BCUT2D eigenvalue weighted by molar-refractivity contribution is 5.76. The number of rotatable bonds is 5. The zero-order valence-electron chi connectivity index (χ0n) is 37.0. The maximum atomic E-state index is 6.69. The molecule has 2 aliphatic heterocycles. The van der Waals surface area contributed by atoms with E-state index >= 15 is 0 Å². The highest BCUT2D eigenvalue weighted by Gasteiger charge is 2.48. The summed E-state index contributed by atoms with van der Waals surface area (Å²) in [4.78, 5) is 5.72. The number of fused-ring (bicyclic) bond motifs is 9. The van der Waals surface area contributed by atoms with Gasteiger partial charge in [-0.05, 0) is 154 Å². The first kappa shape index (κ1) is 38.7. The summed E-state index contributed by atoms with van der Waals surface area (Å²) in [5, 5.41) is 1.39. The molecule has 1 aromatic carbocycles. The molecular formula is C58H70N2O. The summed E-state index contributed by atoms with van der Waals surface area (Å²) in [6.07, 6.45) is 54.5. The Morgan fingerprint density at radius 2 is 1.62 bits per heavy atom. The standard InChI is InChI=1S/C58H70N2O/c1-38-25-26-44(37-59(53-23-9-7-18-47(38)53)45-31-27-41(28-32-45)49-21-12-22-51-50-20-8-10-24-56(50)61-58(49)51)43-29-33-52-55(36-43)60(54-34-30-40-15-5-6-19-48(40)57(52)54)46-17-11-16-42(35-46)39-13-3-2-4-14-39/h7-8,17-18,20,22,29-31,33-34,36-37,39-42,47-48,53-54,57H,1-6,9-16,19,21,23-28,32,35H2/b44-37+. The van der Waals surface area contributed by atoms with E-state index in [4.69, 9.17) is 11.0 Å². The van der Waals surface area contributed by atoms with E-state index in [9.17, 15) is 0 Å². The molecule has 8 unspecified atom stereocenters. The van der Waals surface area contributed by atoms with Crippen LogP contribution < -0.4 is 15.5 Å². The Bertz CT molecular complexity index is 2370. The Hall–Kier alpha value is -3.98. The molecule has 0 saturated heterocycles. The van der Waals surface area contributed by atoms with Crippen LogP contribution >= 0.6 is 0 Å². The molecule has 61 heavy (non-hydrogen) atoms. The molecule has 3 heteroatoms. The minimum Gasteiger partial charge on any atom is -0.460 e. The number of furan rings is 1. The second kappa shape index (κ2) is 16.3. The van der Waals surface area contributed by atoms with Crippen LogP contribution in [0.3, 0.4) is 0 Å². The molecular weight excluding hydrogens is 741 g/mol. The lowest BCUT2D eigenvalue weighted by Crippen LogP contribution is -2.41. The lowest BCUT2D eigenvalue weighted by molar-refractivity contribution is 0.216. The molecule has 0 amide bonds. The molecule has 318 valence electrons. The second-order valence-corrected chi connectivity index (χ2v) is 21.2. The van der Waals surface area contributed by atoms with Gasteiger partial charge in [-0.25, -0.2) is 0 Å². The molecule has 0 N–H and O–H groups in total. The van der Waals surface area contributed by atoms with Crippen LogP contribution in [0.25, 0.3) is 23.3 Å². The largest absolute Gasteiger partial charge is 0.460 e. The van der Waals surface area contributed by atoms with E-state index < -0.39 is 0 Å². The topological polar surface area (TPSA) is 19.6 Å². The van der Waals surface area contributed by atoms with Gasteiger partial charge in [0.1, 0.15) is 11.2 Å². The van der Waals surface area contributed by atoms with Crippen molar-refractivity contribution >= 4 is 29.0 Å². The first-order valence-corrected chi connectivity index (χ1v) is 25.5. The van der Waals surface area contributed by atoms with Gasteiger partial charge in [-0.3, -0.25) is 0 Å². The van der Waals surface area contributed by atoms with Gasteiger partial charge < -0.3 is 14.2 Å². The number of hydrogen-bond donors (Lipinski definition) is 0. The summed E-state index contributed by atoms with van der Waals surface area (Å²) >= 11 is 0. The van der Waals surface area contributed by atoms with Crippen molar-refractivity contribution in [3.8, 4) is 0 Å². The smallest absolute Gasteiger partial charge is 0.134 e. The minimum absolute atomic E-state index is 0.419. The van der Waals surface area contributed by atoms with Crippen LogP contribution in [0.2, 0.25) is 0 Å². The zero-order chi connectivity index (χ0) is 40.4. The van der Waals surface area contributed by atoms with Crippen molar-refractivity contribution in [2.45, 2.75) is 166 Å². The van der Waals surface area contributed by atoms with E-state index in [2.05, 4.69) is 88.9 Å². The molecule has 2 saturated carbocycles. The summed E-state index contributed by atoms with van der Waals surface area (Å²) in [6.45, 7) is 4.82. The predicted molar refractivity (Wildman–Crippen MR) is 254 cm³/mol. The van der Waals surface area contributed by atoms with Crippen molar-refractivity contribution in [1.29, 1.82) is 0 Å². The maximum Gasteiger partial charge on any atom is 0.134 e. The summed E-state index contributed by atoms with van der Waals surface area (Å²) in [5.74, 6) is 6.14. The van der Waals surface area contributed by atoms with Crippen molar-refractivity contribution in [2.75, 3.05) is 4.90 Å². The van der Waals surface area contributed by atoms with Gasteiger partial charge in [0.15, 0.2) is 0 Å². The van der Waals surface area contributed by atoms with Crippen LogP contribution in [0.4, 0.5) is 5.69 Å². The van der Waals surface area contributed by atoms with Crippen molar-refractivity contribution in [3.63, 3.8) is 0 Å². The summed E-state index contributed by atoms with van der Waals surface area (Å²) in [5.41, 5.74) is 14.9. The van der Waals surface area contributed by atoms with Gasteiger partial charge in [-0.1, -0.05) is 124 Å². The molecule has 0 bridgehead atoms. The lowest BCUT2D eigenvalue weighted by Gasteiger charge is -2.43. The molecule has 3 nitrogen and oxygen atoms in total.